The number of hydrogen-bond donors (Lipinski definition) is 2. The Morgan fingerprint density at radius 2 is 1.89 bits per heavy atom. The Kier molecular flexibility index (Phi) is 6.49. The van der Waals surface area contributed by atoms with Gasteiger partial charge in [0.25, 0.3) is 5.69 Å². The minimum absolute atomic E-state index is 0.0189. The van der Waals surface area contributed by atoms with Crippen LogP contribution < -0.4 is 10.3 Å². The first-order valence-electron chi connectivity index (χ1n) is 9.48. The second-order valence-corrected chi connectivity index (χ2v) is 7.22. The molecule has 1 amide bonds. The normalized spacial score (nSPS) is 19.5. The monoisotopic (exact) mass is 381 g/mol. The van der Waals surface area contributed by atoms with E-state index in [2.05, 4.69) is 10.5 Å². The van der Waals surface area contributed by atoms with Gasteiger partial charge in [0.05, 0.1) is 30.1 Å². The Morgan fingerprint density at radius 3 is 2.54 bits per heavy atom. The first-order valence-corrected chi connectivity index (χ1v) is 9.48. The van der Waals surface area contributed by atoms with Gasteiger partial charge in [-0.2, -0.15) is 5.10 Å². The maximum Gasteiger partial charge on any atom is 0.269 e. The molecule has 1 heterocycles. The van der Waals surface area contributed by atoms with Crippen LogP contribution in [0.15, 0.2) is 53.6 Å². The first kappa shape index (κ1) is 19.7. The molecule has 0 aromatic heterocycles. The second-order valence-electron chi connectivity index (χ2n) is 7.22. The van der Waals surface area contributed by atoms with Gasteiger partial charge in [0.2, 0.25) is 5.91 Å². The van der Waals surface area contributed by atoms with E-state index in [0.717, 1.165) is 49.2 Å². The predicted octanol–water partition coefficient (Wildman–Crippen LogP) is 1.85. The van der Waals surface area contributed by atoms with E-state index in [4.69, 9.17) is 0 Å². The van der Waals surface area contributed by atoms with Crippen molar-refractivity contribution in [1.29, 1.82) is 0 Å². The molecule has 0 unspecified atom stereocenters. The molecule has 0 radical (unpaired) electrons. The summed E-state index contributed by atoms with van der Waals surface area (Å²) in [5.74, 6) is -0.0474. The highest BCUT2D eigenvalue weighted by atomic mass is 16.6. The third kappa shape index (κ3) is 5.23. The Morgan fingerprint density at radius 1 is 1.21 bits per heavy atom. The molecule has 2 aromatic rings. The Bertz CT molecular complexity index is 856. The maximum atomic E-state index is 12.3. The van der Waals surface area contributed by atoms with E-state index in [-0.39, 0.29) is 22.4 Å². The molecule has 2 aromatic carbocycles. The number of nitrogens with one attached hydrogen (secondary N) is 2. The Labute approximate surface area is 164 Å². The van der Waals surface area contributed by atoms with Gasteiger partial charge in [-0.15, -0.1) is 0 Å². The number of nitro benzene ring substituents is 1. The lowest BCUT2D eigenvalue weighted by Gasteiger charge is -2.28. The van der Waals surface area contributed by atoms with Crippen molar-refractivity contribution in [2.24, 2.45) is 11.0 Å². The number of rotatable bonds is 6. The summed E-state index contributed by atoms with van der Waals surface area (Å²) in [6, 6.07) is 14.6. The predicted molar refractivity (Wildman–Crippen MR) is 107 cm³/mol. The zero-order valence-electron chi connectivity index (χ0n) is 15.9. The van der Waals surface area contributed by atoms with Crippen molar-refractivity contribution in [2.75, 3.05) is 13.1 Å². The highest BCUT2D eigenvalue weighted by Crippen LogP contribution is 2.13. The van der Waals surface area contributed by atoms with Gasteiger partial charge in [0.15, 0.2) is 0 Å². The van der Waals surface area contributed by atoms with Crippen LogP contribution in [0, 0.1) is 23.0 Å². The van der Waals surface area contributed by atoms with Crippen molar-refractivity contribution < 1.29 is 14.6 Å². The molecule has 7 heteroatoms. The molecule has 7 nitrogen and oxygen atoms in total. The number of carbonyl (C=O) groups excluding carboxylic acids is 1. The van der Waals surface area contributed by atoms with Crippen molar-refractivity contribution >= 4 is 17.8 Å². The number of likely N-dealkylation sites (tertiary alicyclic amines) is 1. The summed E-state index contributed by atoms with van der Waals surface area (Å²) in [5, 5.41) is 14.8. The summed E-state index contributed by atoms with van der Waals surface area (Å²) in [5.41, 5.74) is 5.96. The molecule has 0 spiro atoms. The maximum absolute atomic E-state index is 12.3. The number of benzene rings is 2. The number of piperidine rings is 1. The quantitative estimate of drug-likeness (QED) is 0.455. The van der Waals surface area contributed by atoms with Gasteiger partial charge < -0.3 is 4.90 Å². The topological polar surface area (TPSA) is 89.0 Å². The van der Waals surface area contributed by atoms with Gasteiger partial charge in [-0.25, -0.2) is 5.43 Å². The average Bonchev–Trinajstić information content (AvgIpc) is 2.70. The number of hydrazone groups is 1. The van der Waals surface area contributed by atoms with Gasteiger partial charge in [0, 0.05) is 30.5 Å². The molecule has 0 saturated carbocycles. The summed E-state index contributed by atoms with van der Waals surface area (Å²) in [7, 11) is 0. The molecule has 1 saturated heterocycles. The summed E-state index contributed by atoms with van der Waals surface area (Å²) >= 11 is 0. The highest BCUT2D eigenvalue weighted by molar-refractivity contribution is 5.84. The number of amides is 1. The molecule has 1 fully saturated rings. The Hall–Kier alpha value is -3.06. The number of nitro groups is 1. The second kappa shape index (κ2) is 9.23. The molecule has 2 N–H and O–H groups in total. The van der Waals surface area contributed by atoms with E-state index < -0.39 is 0 Å². The van der Waals surface area contributed by atoms with Gasteiger partial charge >= 0.3 is 0 Å². The fraction of sp³-hybridized carbons (Fsp3) is 0.333. The molecule has 0 bridgehead atoms. The molecule has 1 aliphatic rings. The smallest absolute Gasteiger partial charge is 0.269 e. The zero-order chi connectivity index (χ0) is 19.9. The fourth-order valence-electron chi connectivity index (χ4n) is 3.48. The minimum Gasteiger partial charge on any atom is -0.331 e. The lowest BCUT2D eigenvalue weighted by atomic mass is 9.96. The Balaban J connectivity index is 1.45. The van der Waals surface area contributed by atoms with Crippen LogP contribution in [0.4, 0.5) is 5.69 Å². The largest absolute Gasteiger partial charge is 0.331 e. The van der Waals surface area contributed by atoms with E-state index in [9.17, 15) is 14.9 Å². The summed E-state index contributed by atoms with van der Waals surface area (Å²) in [6.07, 6.45) is 3.31. The third-order valence-electron chi connectivity index (χ3n) is 5.23. The van der Waals surface area contributed by atoms with E-state index in [1.165, 1.54) is 4.90 Å². The van der Waals surface area contributed by atoms with Crippen LogP contribution in [-0.4, -0.2) is 30.1 Å². The van der Waals surface area contributed by atoms with Gasteiger partial charge in [-0.3, -0.25) is 14.9 Å². The molecule has 0 atom stereocenters. The number of aryl methyl sites for hydroxylation is 1. The lowest BCUT2D eigenvalue weighted by Crippen LogP contribution is -3.11. The molecule has 0 aliphatic carbocycles. The van der Waals surface area contributed by atoms with Crippen molar-refractivity contribution in [3.63, 3.8) is 0 Å². The van der Waals surface area contributed by atoms with E-state index in [0.29, 0.717) is 0 Å². The highest BCUT2D eigenvalue weighted by Gasteiger charge is 2.27. The van der Waals surface area contributed by atoms with E-state index in [1.54, 1.807) is 18.3 Å². The van der Waals surface area contributed by atoms with Crippen LogP contribution in [0.1, 0.15) is 29.5 Å². The van der Waals surface area contributed by atoms with E-state index in [1.807, 2.05) is 43.3 Å². The fourth-order valence-corrected chi connectivity index (χ4v) is 3.48. The molecular formula is C21H25N4O3+. The number of quaternary nitrogens is 1. The SMILES string of the molecule is Cc1ccccc1/C=N\NC(=O)C1CC[NH+](Cc2ccc([N+](=O)[O-])cc2)CC1. The third-order valence-corrected chi connectivity index (χ3v) is 5.23. The van der Waals surface area contributed by atoms with Crippen LogP contribution in [0.5, 0.6) is 0 Å². The lowest BCUT2D eigenvalue weighted by molar-refractivity contribution is -0.919. The molecule has 3 rings (SSSR count). The van der Waals surface area contributed by atoms with Crippen molar-refractivity contribution in [2.45, 2.75) is 26.3 Å². The molecule has 1 aliphatic heterocycles. The van der Waals surface area contributed by atoms with Crippen LogP contribution in [0.3, 0.4) is 0 Å². The standard InChI is InChI=1S/C21H24N4O3/c1-16-4-2-3-5-19(16)14-22-23-21(26)18-10-12-24(13-11-18)15-17-6-8-20(9-7-17)25(27)28/h2-9,14,18H,10-13,15H2,1H3,(H,23,26)/p+1/b22-14-. The molecule has 146 valence electrons. The first-order chi connectivity index (χ1) is 13.5. The number of non-ortho nitro benzene ring substituents is 1. The van der Waals surface area contributed by atoms with Crippen LogP contribution in [0.2, 0.25) is 0 Å². The average molecular weight is 381 g/mol. The summed E-state index contributed by atoms with van der Waals surface area (Å²) in [6.45, 7) is 4.62. The van der Waals surface area contributed by atoms with Gasteiger partial charge in [-0.1, -0.05) is 24.3 Å². The number of carbonyl (C=O) groups is 1. The van der Waals surface area contributed by atoms with Gasteiger partial charge in [-0.05, 0) is 30.2 Å². The van der Waals surface area contributed by atoms with Crippen LogP contribution in [0.25, 0.3) is 0 Å². The number of nitrogens with zero attached hydrogens (tertiary/aromatic N) is 2. The summed E-state index contributed by atoms with van der Waals surface area (Å²) < 4.78 is 0. The van der Waals surface area contributed by atoms with Crippen molar-refractivity contribution in [3.05, 3.63) is 75.3 Å². The van der Waals surface area contributed by atoms with E-state index >= 15 is 0 Å². The summed E-state index contributed by atoms with van der Waals surface area (Å²) in [4.78, 5) is 24.1. The molecular weight excluding hydrogens is 356 g/mol. The number of hydrogen-bond acceptors (Lipinski definition) is 4. The van der Waals surface area contributed by atoms with Crippen LogP contribution in [-0.2, 0) is 11.3 Å². The van der Waals surface area contributed by atoms with Crippen molar-refractivity contribution in [1.82, 2.24) is 5.43 Å². The van der Waals surface area contributed by atoms with Crippen molar-refractivity contribution in [3.8, 4) is 0 Å². The minimum atomic E-state index is -0.387. The zero-order valence-corrected chi connectivity index (χ0v) is 15.9. The van der Waals surface area contributed by atoms with Crippen LogP contribution >= 0.6 is 0 Å². The van der Waals surface area contributed by atoms with Gasteiger partial charge in [0.1, 0.15) is 6.54 Å². The molecule has 28 heavy (non-hydrogen) atoms.